The average molecular weight is 909 g/mol. The highest BCUT2D eigenvalue weighted by atomic mass is 16.2. The third kappa shape index (κ3) is 11.4. The van der Waals surface area contributed by atoms with Gasteiger partial charge in [0.15, 0.2) is 11.9 Å². The zero-order chi connectivity index (χ0) is 46.9. The Balaban J connectivity index is 1.30. The number of para-hydroxylation sites is 1. The van der Waals surface area contributed by atoms with Crippen molar-refractivity contribution < 1.29 is 28.8 Å². The number of nitrogens with one attached hydrogen (secondary N) is 5. The molecule has 7 rings (SSSR count). The number of rotatable bonds is 12. The largest absolute Gasteiger partial charge is 0.370 e. The summed E-state index contributed by atoms with van der Waals surface area (Å²) in [4.78, 5) is 103. The second-order valence-corrected chi connectivity index (χ2v) is 18.0. The van der Waals surface area contributed by atoms with E-state index in [0.29, 0.717) is 24.8 Å². The molecule has 6 amide bonds. The maximum absolute atomic E-state index is 15.1. The second-order valence-electron chi connectivity index (χ2n) is 18.0. The predicted octanol–water partition coefficient (Wildman–Crippen LogP) is -0.899. The number of nitrogens with zero attached hydrogens (tertiary/aromatic N) is 4. The Labute approximate surface area is 383 Å². The standard InChI is InChI=1S/C46H64N14O6/c47-29-23-38-44(66)60-36-17-7-4-12-27(36)22-37(60)42(64)55-32(15-8-18-52-45(48)49)39(61)57-34(20-26-10-2-1-3-11-26)40(62)58-35(21-28-24-54-31-14-6-5-13-30(28)31)41(63)56-33(43(65)59(38)25-29)16-9-19-53-46(50)51/h1-3,5-6,10-11,13-14,24,27,29,32-38,54H,4,7-9,12,15-23,25,47H2,(H,55,64)(H,56,63)(H,57,61)(H,58,62)(H4,48,49,52)(H4,50,51,53)/t27-,29-,32-,33-,34+,35-,36-,37-,38+/m0/s1. The summed E-state index contributed by atoms with van der Waals surface area (Å²) < 4.78 is 0. The summed E-state index contributed by atoms with van der Waals surface area (Å²) in [6.45, 7) is 0.353. The lowest BCUT2D eigenvalue weighted by Crippen LogP contribution is -2.62. The van der Waals surface area contributed by atoms with Crippen molar-refractivity contribution in [3.8, 4) is 0 Å². The molecule has 66 heavy (non-hydrogen) atoms. The molecule has 0 radical (unpaired) electrons. The lowest BCUT2D eigenvalue weighted by molar-refractivity contribution is -0.150. The summed E-state index contributed by atoms with van der Waals surface area (Å²) in [5.74, 6) is -3.67. The van der Waals surface area contributed by atoms with Gasteiger partial charge < -0.3 is 64.7 Å². The molecule has 2 aromatic carbocycles. The van der Waals surface area contributed by atoms with Crippen LogP contribution in [0.4, 0.5) is 0 Å². The van der Waals surface area contributed by atoms with Crippen LogP contribution >= 0.6 is 0 Å². The molecule has 4 heterocycles. The number of guanidine groups is 2. The van der Waals surface area contributed by atoms with Crippen molar-refractivity contribution >= 4 is 58.3 Å². The van der Waals surface area contributed by atoms with Crippen molar-refractivity contribution in [2.75, 3.05) is 19.6 Å². The van der Waals surface area contributed by atoms with Crippen LogP contribution in [0.15, 0.2) is 70.8 Å². The van der Waals surface area contributed by atoms with Crippen LogP contribution in [0.3, 0.4) is 0 Å². The maximum atomic E-state index is 15.1. The van der Waals surface area contributed by atoms with Gasteiger partial charge in [0.25, 0.3) is 0 Å². The summed E-state index contributed by atoms with van der Waals surface area (Å²) in [7, 11) is 0. The number of H-pyrrole nitrogens is 1. The molecule has 1 aliphatic carbocycles. The van der Waals surface area contributed by atoms with Gasteiger partial charge in [-0.05, 0) is 74.5 Å². The van der Waals surface area contributed by atoms with Gasteiger partial charge in [0.1, 0.15) is 36.3 Å². The molecule has 0 bridgehead atoms. The molecule has 354 valence electrons. The third-order valence-corrected chi connectivity index (χ3v) is 13.3. The highest BCUT2D eigenvalue weighted by Gasteiger charge is 2.52. The molecule has 9 atom stereocenters. The molecule has 1 aromatic heterocycles. The van der Waals surface area contributed by atoms with Gasteiger partial charge in [-0.3, -0.25) is 38.8 Å². The second kappa shape index (κ2) is 21.5. The molecule has 4 aliphatic rings. The summed E-state index contributed by atoms with van der Waals surface area (Å²) in [5.41, 5.74) is 31.2. The van der Waals surface area contributed by atoms with Crippen LogP contribution in [0, 0.1) is 5.92 Å². The summed E-state index contributed by atoms with van der Waals surface area (Å²) in [6, 6.07) is 8.94. The van der Waals surface area contributed by atoms with E-state index in [-0.39, 0.29) is 82.0 Å². The molecule has 15 N–H and O–H groups in total. The average Bonchev–Trinajstić information content (AvgIpc) is 4.02. The van der Waals surface area contributed by atoms with Crippen molar-refractivity contribution in [1.82, 2.24) is 36.1 Å². The first kappa shape index (κ1) is 47.3. The van der Waals surface area contributed by atoms with Gasteiger partial charge in [0.2, 0.25) is 35.4 Å². The fourth-order valence-corrected chi connectivity index (χ4v) is 10.1. The van der Waals surface area contributed by atoms with E-state index < -0.39 is 77.7 Å². The van der Waals surface area contributed by atoms with E-state index in [1.807, 2.05) is 54.6 Å². The lowest BCUT2D eigenvalue weighted by atomic mass is 9.84. The van der Waals surface area contributed by atoms with Crippen molar-refractivity contribution in [3.05, 3.63) is 71.9 Å². The minimum absolute atomic E-state index is 0.000573. The lowest BCUT2D eigenvalue weighted by Gasteiger charge is -2.38. The van der Waals surface area contributed by atoms with Gasteiger partial charge >= 0.3 is 0 Å². The first-order chi connectivity index (χ1) is 31.8. The van der Waals surface area contributed by atoms with E-state index >= 15 is 4.79 Å². The molecular formula is C46H64N14O6. The number of aromatic amines is 1. The van der Waals surface area contributed by atoms with Gasteiger partial charge in [0, 0.05) is 61.7 Å². The Hall–Kier alpha value is -6.70. The molecule has 4 fully saturated rings. The number of nitrogens with two attached hydrogens (primary N) is 5. The smallest absolute Gasteiger partial charge is 0.246 e. The number of hydrogen-bond donors (Lipinski definition) is 10. The highest BCUT2D eigenvalue weighted by molar-refractivity contribution is 5.99. The Morgan fingerprint density at radius 1 is 0.636 bits per heavy atom. The topological polar surface area (TPSA) is 328 Å². The SMILES string of the molecule is NC(N)=NCCC[C@@H]1NC(=O)[C@@H]2C[C@@H]3CCCC[C@@H]3N2C(=O)[C@H]2C[C@H](N)CN2C(=O)[C@H](CCCN=C(N)N)NC(=O)[C@H](Cc2c[nH]c3ccccc23)NC(=O)[C@@H](Cc2ccccc2)NC1=O. The summed E-state index contributed by atoms with van der Waals surface area (Å²) in [6.07, 6.45) is 6.34. The molecule has 0 spiro atoms. The first-order valence-corrected chi connectivity index (χ1v) is 23.1. The highest BCUT2D eigenvalue weighted by Crippen LogP contribution is 2.41. The summed E-state index contributed by atoms with van der Waals surface area (Å²) >= 11 is 0. The van der Waals surface area contributed by atoms with Gasteiger partial charge in [-0.2, -0.15) is 0 Å². The van der Waals surface area contributed by atoms with E-state index in [2.05, 4.69) is 36.2 Å². The van der Waals surface area contributed by atoms with Crippen LogP contribution < -0.4 is 49.9 Å². The molecule has 3 saturated heterocycles. The van der Waals surface area contributed by atoms with E-state index in [1.165, 1.54) is 4.90 Å². The molecule has 3 aliphatic heterocycles. The molecular weight excluding hydrogens is 845 g/mol. The predicted molar refractivity (Wildman–Crippen MR) is 249 cm³/mol. The quantitative estimate of drug-likeness (QED) is 0.0603. The number of carbonyl (C=O) groups is 6. The van der Waals surface area contributed by atoms with Gasteiger partial charge in [0.05, 0.1) is 0 Å². The van der Waals surface area contributed by atoms with E-state index in [4.69, 9.17) is 28.7 Å². The molecule has 0 unspecified atom stereocenters. The van der Waals surface area contributed by atoms with Gasteiger partial charge in [-0.1, -0.05) is 61.4 Å². The zero-order valence-electron chi connectivity index (χ0n) is 37.2. The number of benzene rings is 2. The fraction of sp³-hybridized carbons (Fsp3) is 0.522. The summed E-state index contributed by atoms with van der Waals surface area (Å²) in [5, 5.41) is 12.5. The molecule has 20 nitrogen and oxygen atoms in total. The monoisotopic (exact) mass is 909 g/mol. The van der Waals surface area contributed by atoms with E-state index in [0.717, 1.165) is 35.7 Å². The minimum atomic E-state index is -1.26. The first-order valence-electron chi connectivity index (χ1n) is 23.1. The number of amides is 6. The minimum Gasteiger partial charge on any atom is -0.370 e. The van der Waals surface area contributed by atoms with E-state index in [1.54, 1.807) is 11.1 Å². The molecule has 1 saturated carbocycles. The third-order valence-electron chi connectivity index (χ3n) is 13.3. The normalized spacial score (nSPS) is 27.6. The number of aromatic nitrogens is 1. The number of aliphatic imine (C=N–C) groups is 2. The van der Waals surface area contributed by atoms with Gasteiger partial charge in [-0.15, -0.1) is 0 Å². The van der Waals surface area contributed by atoms with Crippen LogP contribution in [0.1, 0.15) is 75.3 Å². The zero-order valence-corrected chi connectivity index (χ0v) is 37.2. The van der Waals surface area contributed by atoms with Crippen LogP contribution in [0.25, 0.3) is 10.9 Å². The van der Waals surface area contributed by atoms with Crippen molar-refractivity contribution in [1.29, 1.82) is 0 Å². The number of carbonyl (C=O) groups excluding carboxylic acids is 6. The Kier molecular flexibility index (Phi) is 15.4. The van der Waals surface area contributed by atoms with Gasteiger partial charge in [-0.25, -0.2) is 0 Å². The fourth-order valence-electron chi connectivity index (χ4n) is 10.1. The Morgan fingerprint density at radius 2 is 1.23 bits per heavy atom. The molecule has 3 aromatic rings. The van der Waals surface area contributed by atoms with Crippen LogP contribution in [-0.4, -0.2) is 130 Å². The Bertz CT molecular complexity index is 2290. The number of hydrogen-bond acceptors (Lipinski definition) is 9. The van der Waals surface area contributed by atoms with Crippen molar-refractivity contribution in [3.63, 3.8) is 0 Å². The molecule has 20 heteroatoms. The maximum Gasteiger partial charge on any atom is 0.246 e. The van der Waals surface area contributed by atoms with Crippen LogP contribution in [-0.2, 0) is 41.6 Å². The Morgan fingerprint density at radius 3 is 1.92 bits per heavy atom. The van der Waals surface area contributed by atoms with Crippen LogP contribution in [0.5, 0.6) is 0 Å². The van der Waals surface area contributed by atoms with E-state index in [9.17, 15) is 24.0 Å². The van der Waals surface area contributed by atoms with Crippen molar-refractivity contribution in [2.45, 2.75) is 125 Å². The van der Waals surface area contributed by atoms with Crippen LogP contribution in [0.2, 0.25) is 0 Å². The van der Waals surface area contributed by atoms with Crippen molar-refractivity contribution in [2.24, 2.45) is 44.6 Å². The number of fused-ring (bicyclic) bond motifs is 5.